The Labute approximate surface area is 43.7 Å². The van der Waals surface area contributed by atoms with Gasteiger partial charge in [-0.3, -0.25) is 0 Å². The SMILES string of the molecule is CC1CC(C)N1O. The molecule has 0 aromatic heterocycles. The minimum atomic E-state index is 0.398. The van der Waals surface area contributed by atoms with Crippen LogP contribution in [0, 0.1) is 0 Å². The topological polar surface area (TPSA) is 23.5 Å². The van der Waals surface area contributed by atoms with Crippen LogP contribution in [-0.4, -0.2) is 22.4 Å². The van der Waals surface area contributed by atoms with Gasteiger partial charge in [-0.15, -0.1) is 0 Å². The second-order valence-corrected chi connectivity index (χ2v) is 2.31. The van der Waals surface area contributed by atoms with Crippen molar-refractivity contribution in [1.29, 1.82) is 0 Å². The van der Waals surface area contributed by atoms with Crippen LogP contribution in [-0.2, 0) is 0 Å². The van der Waals surface area contributed by atoms with E-state index in [2.05, 4.69) is 0 Å². The molecular weight excluding hydrogens is 90.1 g/mol. The molecule has 1 fully saturated rings. The normalized spacial score (nSPS) is 43.3. The molecule has 2 nitrogen and oxygen atoms in total. The average Bonchev–Trinajstić information content (AvgIpc) is 1.68. The van der Waals surface area contributed by atoms with Gasteiger partial charge in [0.05, 0.1) is 0 Å². The second kappa shape index (κ2) is 1.46. The Kier molecular flexibility index (Phi) is 1.05. The summed E-state index contributed by atoms with van der Waals surface area (Å²) in [5.41, 5.74) is 0. The third-order valence-corrected chi connectivity index (χ3v) is 1.59. The van der Waals surface area contributed by atoms with E-state index in [1.807, 2.05) is 13.8 Å². The van der Waals surface area contributed by atoms with E-state index in [0.29, 0.717) is 12.1 Å². The Morgan fingerprint density at radius 3 is 1.86 bits per heavy atom. The van der Waals surface area contributed by atoms with Crippen molar-refractivity contribution in [3.63, 3.8) is 0 Å². The summed E-state index contributed by atoms with van der Waals surface area (Å²) >= 11 is 0. The molecule has 1 N–H and O–H groups in total. The van der Waals surface area contributed by atoms with Crippen molar-refractivity contribution in [3.8, 4) is 0 Å². The molecule has 0 aliphatic carbocycles. The lowest BCUT2D eigenvalue weighted by Crippen LogP contribution is -2.50. The molecule has 7 heavy (non-hydrogen) atoms. The first-order chi connectivity index (χ1) is 3.22. The van der Waals surface area contributed by atoms with Crippen LogP contribution in [0.1, 0.15) is 20.3 Å². The highest BCUT2D eigenvalue weighted by molar-refractivity contribution is 4.79. The molecule has 0 bridgehead atoms. The Hall–Kier alpha value is -0.0800. The zero-order valence-corrected chi connectivity index (χ0v) is 4.76. The monoisotopic (exact) mass is 101 g/mol. The molecule has 0 saturated carbocycles. The van der Waals surface area contributed by atoms with Crippen LogP contribution in [0.3, 0.4) is 0 Å². The van der Waals surface area contributed by atoms with Crippen molar-refractivity contribution in [2.45, 2.75) is 32.4 Å². The second-order valence-electron chi connectivity index (χ2n) is 2.31. The first-order valence-corrected chi connectivity index (χ1v) is 2.69. The van der Waals surface area contributed by atoms with Crippen molar-refractivity contribution in [2.24, 2.45) is 0 Å². The van der Waals surface area contributed by atoms with E-state index in [4.69, 9.17) is 5.21 Å². The molecule has 1 rings (SSSR count). The largest absolute Gasteiger partial charge is 0.313 e. The predicted molar refractivity (Wildman–Crippen MR) is 27.2 cm³/mol. The van der Waals surface area contributed by atoms with Gasteiger partial charge in [0.2, 0.25) is 0 Å². The van der Waals surface area contributed by atoms with E-state index in [-0.39, 0.29) is 0 Å². The molecule has 1 aliphatic heterocycles. The predicted octanol–water partition coefficient (Wildman–Crippen LogP) is 0.858. The first-order valence-electron chi connectivity index (χ1n) is 2.69. The lowest BCUT2D eigenvalue weighted by molar-refractivity contribution is -0.212. The minimum Gasteiger partial charge on any atom is -0.313 e. The van der Waals surface area contributed by atoms with Gasteiger partial charge < -0.3 is 5.21 Å². The van der Waals surface area contributed by atoms with Crippen molar-refractivity contribution < 1.29 is 5.21 Å². The molecule has 42 valence electrons. The standard InChI is InChI=1S/C5H11NO/c1-4-3-5(2)6(4)7/h4-5,7H,3H2,1-2H3. The van der Waals surface area contributed by atoms with Crippen LogP contribution >= 0.6 is 0 Å². The molecule has 1 saturated heterocycles. The quantitative estimate of drug-likeness (QED) is 0.489. The smallest absolute Gasteiger partial charge is 0.0340 e. The lowest BCUT2D eigenvalue weighted by Gasteiger charge is -2.39. The van der Waals surface area contributed by atoms with Gasteiger partial charge in [0.15, 0.2) is 0 Å². The van der Waals surface area contributed by atoms with Gasteiger partial charge >= 0.3 is 0 Å². The number of hydrogen-bond acceptors (Lipinski definition) is 2. The van der Waals surface area contributed by atoms with Gasteiger partial charge in [0.1, 0.15) is 0 Å². The van der Waals surface area contributed by atoms with Gasteiger partial charge in [0.25, 0.3) is 0 Å². The maximum absolute atomic E-state index is 8.82. The van der Waals surface area contributed by atoms with E-state index in [1.54, 1.807) is 0 Å². The summed E-state index contributed by atoms with van der Waals surface area (Å²) in [4.78, 5) is 0. The summed E-state index contributed by atoms with van der Waals surface area (Å²) in [6, 6.07) is 0.796. The fraction of sp³-hybridized carbons (Fsp3) is 1.00. The van der Waals surface area contributed by atoms with Crippen molar-refractivity contribution in [2.75, 3.05) is 0 Å². The van der Waals surface area contributed by atoms with E-state index >= 15 is 0 Å². The number of hydroxylamine groups is 2. The highest BCUT2D eigenvalue weighted by Gasteiger charge is 2.29. The van der Waals surface area contributed by atoms with E-state index in [0.717, 1.165) is 6.42 Å². The molecular formula is C5H11NO. The molecule has 2 atom stereocenters. The molecule has 1 heterocycles. The molecule has 0 radical (unpaired) electrons. The highest BCUT2D eigenvalue weighted by Crippen LogP contribution is 2.20. The van der Waals surface area contributed by atoms with Crippen molar-refractivity contribution in [3.05, 3.63) is 0 Å². The Morgan fingerprint density at radius 2 is 1.86 bits per heavy atom. The summed E-state index contributed by atoms with van der Waals surface area (Å²) in [6.45, 7) is 4.03. The van der Waals surface area contributed by atoms with Gasteiger partial charge in [-0.2, -0.15) is 5.06 Å². The summed E-state index contributed by atoms with van der Waals surface area (Å²) < 4.78 is 0. The zero-order chi connectivity index (χ0) is 5.44. The summed E-state index contributed by atoms with van der Waals surface area (Å²) in [5, 5.41) is 10.2. The third kappa shape index (κ3) is 0.640. The lowest BCUT2D eigenvalue weighted by atomic mass is 10.0. The van der Waals surface area contributed by atoms with E-state index in [1.165, 1.54) is 5.06 Å². The number of nitrogens with zero attached hydrogens (tertiary/aromatic N) is 1. The maximum atomic E-state index is 8.82. The Bertz CT molecular complexity index is 66.5. The summed E-state index contributed by atoms with van der Waals surface area (Å²) in [5.74, 6) is 0. The number of hydrogen-bond donors (Lipinski definition) is 1. The van der Waals surface area contributed by atoms with Gasteiger partial charge in [-0.25, -0.2) is 0 Å². The van der Waals surface area contributed by atoms with Crippen molar-refractivity contribution in [1.82, 2.24) is 5.06 Å². The van der Waals surface area contributed by atoms with E-state index in [9.17, 15) is 0 Å². The summed E-state index contributed by atoms with van der Waals surface area (Å²) in [6.07, 6.45) is 1.14. The fourth-order valence-corrected chi connectivity index (χ4v) is 1.01. The molecule has 1 aliphatic rings. The van der Waals surface area contributed by atoms with Crippen LogP contribution in [0.4, 0.5) is 0 Å². The molecule has 2 unspecified atom stereocenters. The summed E-state index contributed by atoms with van der Waals surface area (Å²) in [7, 11) is 0. The average molecular weight is 101 g/mol. The highest BCUT2D eigenvalue weighted by atomic mass is 16.5. The van der Waals surface area contributed by atoms with Crippen LogP contribution in [0.5, 0.6) is 0 Å². The van der Waals surface area contributed by atoms with Crippen molar-refractivity contribution >= 4 is 0 Å². The molecule has 0 spiro atoms. The third-order valence-electron chi connectivity index (χ3n) is 1.59. The zero-order valence-electron chi connectivity index (χ0n) is 4.76. The molecule has 0 aromatic carbocycles. The van der Waals surface area contributed by atoms with Gasteiger partial charge in [-0.1, -0.05) is 0 Å². The number of rotatable bonds is 0. The van der Waals surface area contributed by atoms with E-state index < -0.39 is 0 Å². The Morgan fingerprint density at radius 1 is 1.43 bits per heavy atom. The fourth-order valence-electron chi connectivity index (χ4n) is 1.01. The Balaban J connectivity index is 2.29. The maximum Gasteiger partial charge on any atom is 0.0340 e. The van der Waals surface area contributed by atoms with Crippen LogP contribution in [0.15, 0.2) is 0 Å². The van der Waals surface area contributed by atoms with Crippen LogP contribution < -0.4 is 0 Å². The first kappa shape index (κ1) is 5.06. The molecule has 0 amide bonds. The minimum absolute atomic E-state index is 0.398. The van der Waals surface area contributed by atoms with Gasteiger partial charge in [-0.05, 0) is 20.3 Å². The molecule has 2 heteroatoms. The van der Waals surface area contributed by atoms with Crippen LogP contribution in [0.2, 0.25) is 0 Å². The van der Waals surface area contributed by atoms with Crippen LogP contribution in [0.25, 0.3) is 0 Å². The van der Waals surface area contributed by atoms with Gasteiger partial charge in [0, 0.05) is 12.1 Å². The molecule has 0 aromatic rings.